The lowest BCUT2D eigenvalue weighted by Gasteiger charge is -2.22. The van der Waals surface area contributed by atoms with E-state index in [1.165, 1.54) is 12.7 Å². The molecule has 10 nitrogen and oxygen atoms in total. The van der Waals surface area contributed by atoms with Crippen LogP contribution in [-0.2, 0) is 0 Å². The maximum atomic E-state index is 13.2. The number of hydrogen-bond acceptors (Lipinski definition) is 6. The van der Waals surface area contributed by atoms with Crippen LogP contribution in [0.4, 0.5) is 0 Å². The molecule has 1 fully saturated rings. The van der Waals surface area contributed by atoms with Crippen LogP contribution >= 0.6 is 0 Å². The van der Waals surface area contributed by atoms with Crippen LogP contribution in [0.3, 0.4) is 0 Å². The molecule has 0 unspecified atom stereocenters. The lowest BCUT2D eigenvalue weighted by molar-refractivity contribution is 0.0719. The summed E-state index contributed by atoms with van der Waals surface area (Å²) in [7, 11) is 0. The van der Waals surface area contributed by atoms with Gasteiger partial charge in [0.05, 0.1) is 0 Å². The van der Waals surface area contributed by atoms with Gasteiger partial charge in [0.15, 0.2) is 11.6 Å². The fraction of sp³-hybridized carbons (Fsp3) is 0.217. The van der Waals surface area contributed by atoms with Crippen molar-refractivity contribution < 1.29 is 9.59 Å². The van der Waals surface area contributed by atoms with E-state index in [9.17, 15) is 9.59 Å². The summed E-state index contributed by atoms with van der Waals surface area (Å²) < 4.78 is 0. The number of hydrogen-bond donors (Lipinski definition) is 2. The van der Waals surface area contributed by atoms with Gasteiger partial charge in [-0.25, -0.2) is 9.97 Å². The van der Waals surface area contributed by atoms with E-state index in [1.54, 1.807) is 21.9 Å². The van der Waals surface area contributed by atoms with Gasteiger partial charge in [0.1, 0.15) is 12.7 Å². The number of aromatic nitrogens is 6. The molecule has 2 amide bonds. The molecule has 2 N–H and O–H groups in total. The average molecular weight is 442 g/mol. The first-order chi connectivity index (χ1) is 16.2. The summed E-state index contributed by atoms with van der Waals surface area (Å²) >= 11 is 0. The highest BCUT2D eigenvalue weighted by Gasteiger charge is 2.24. The Bertz CT molecular complexity index is 1160. The first kappa shape index (κ1) is 20.6. The minimum Gasteiger partial charge on any atom is -0.337 e. The second-order valence-corrected chi connectivity index (χ2v) is 7.77. The molecule has 1 saturated heterocycles. The third kappa shape index (κ3) is 4.36. The molecule has 0 aliphatic carbocycles. The molecular formula is C23H22N8O2. The smallest absolute Gasteiger partial charge is 0.253 e. The lowest BCUT2D eigenvalue weighted by atomic mass is 10.1. The van der Waals surface area contributed by atoms with Crippen molar-refractivity contribution >= 4 is 11.8 Å². The van der Waals surface area contributed by atoms with Crippen molar-refractivity contribution in [2.24, 2.45) is 0 Å². The summed E-state index contributed by atoms with van der Waals surface area (Å²) in [4.78, 5) is 38.2. The van der Waals surface area contributed by atoms with Gasteiger partial charge in [-0.3, -0.25) is 19.8 Å². The Hall–Kier alpha value is -4.34. The Balaban J connectivity index is 1.27. The molecule has 0 radical (unpaired) electrons. The van der Waals surface area contributed by atoms with Crippen molar-refractivity contribution in [1.82, 2.24) is 40.2 Å². The quantitative estimate of drug-likeness (QED) is 0.500. The maximum absolute atomic E-state index is 13.2. The van der Waals surface area contributed by atoms with Gasteiger partial charge in [0, 0.05) is 48.4 Å². The van der Waals surface area contributed by atoms with Crippen LogP contribution in [0, 0.1) is 0 Å². The van der Waals surface area contributed by atoms with Crippen LogP contribution in [0.25, 0.3) is 22.8 Å². The first-order valence-electron chi connectivity index (χ1n) is 10.7. The van der Waals surface area contributed by atoms with Gasteiger partial charge in [-0.05, 0) is 30.7 Å². The van der Waals surface area contributed by atoms with E-state index in [1.807, 2.05) is 36.4 Å². The summed E-state index contributed by atoms with van der Waals surface area (Å²) in [6.45, 7) is 2.12. The number of amides is 2. The summed E-state index contributed by atoms with van der Waals surface area (Å²) in [5, 5.41) is 13.4. The number of H-pyrrole nitrogens is 2. The van der Waals surface area contributed by atoms with E-state index >= 15 is 0 Å². The molecule has 2 aromatic heterocycles. The number of carbonyl (C=O) groups is 2. The molecular weight excluding hydrogens is 420 g/mol. The number of nitrogens with one attached hydrogen (secondary N) is 2. The van der Waals surface area contributed by atoms with Gasteiger partial charge in [-0.2, -0.15) is 10.2 Å². The third-order valence-electron chi connectivity index (χ3n) is 5.67. The van der Waals surface area contributed by atoms with E-state index in [0.717, 1.165) is 11.1 Å². The van der Waals surface area contributed by atoms with Crippen LogP contribution in [0.5, 0.6) is 0 Å². The molecule has 4 aromatic rings. The van der Waals surface area contributed by atoms with Crippen molar-refractivity contribution in [3.63, 3.8) is 0 Å². The fourth-order valence-electron chi connectivity index (χ4n) is 3.98. The molecule has 0 atom stereocenters. The molecule has 2 aromatic carbocycles. The summed E-state index contributed by atoms with van der Waals surface area (Å²) in [6.07, 6.45) is 3.58. The topological polar surface area (TPSA) is 124 Å². The molecule has 1 aliphatic rings. The molecule has 3 heterocycles. The minimum absolute atomic E-state index is 0.0574. The number of rotatable bonds is 4. The highest BCUT2D eigenvalue weighted by Crippen LogP contribution is 2.19. The van der Waals surface area contributed by atoms with Crippen molar-refractivity contribution in [3.05, 3.63) is 72.3 Å². The number of aromatic amines is 2. The molecule has 0 spiro atoms. The molecule has 5 rings (SSSR count). The Kier molecular flexibility index (Phi) is 5.62. The highest BCUT2D eigenvalue weighted by molar-refractivity contribution is 5.96. The molecule has 0 bridgehead atoms. The number of carbonyl (C=O) groups excluding carboxylic acids is 2. The zero-order valence-corrected chi connectivity index (χ0v) is 17.8. The molecule has 10 heteroatoms. The van der Waals surface area contributed by atoms with Gasteiger partial charge in [-0.1, -0.05) is 24.3 Å². The predicted molar refractivity (Wildman–Crippen MR) is 120 cm³/mol. The zero-order chi connectivity index (χ0) is 22.6. The molecule has 1 aliphatic heterocycles. The largest absolute Gasteiger partial charge is 0.337 e. The second-order valence-electron chi connectivity index (χ2n) is 7.77. The van der Waals surface area contributed by atoms with Gasteiger partial charge >= 0.3 is 0 Å². The molecule has 33 heavy (non-hydrogen) atoms. The van der Waals surface area contributed by atoms with Crippen molar-refractivity contribution in [1.29, 1.82) is 0 Å². The Morgan fingerprint density at radius 2 is 1.18 bits per heavy atom. The summed E-state index contributed by atoms with van der Waals surface area (Å²) in [5.41, 5.74) is 2.78. The predicted octanol–water partition coefficient (Wildman–Crippen LogP) is 2.25. The fourth-order valence-corrected chi connectivity index (χ4v) is 3.98. The van der Waals surface area contributed by atoms with E-state index in [4.69, 9.17) is 0 Å². The normalized spacial score (nSPS) is 14.2. The van der Waals surface area contributed by atoms with Crippen molar-refractivity contribution in [3.8, 4) is 22.8 Å². The van der Waals surface area contributed by atoms with Crippen LogP contribution in [0.15, 0.2) is 61.2 Å². The van der Waals surface area contributed by atoms with Crippen LogP contribution < -0.4 is 0 Å². The average Bonchev–Trinajstić information content (AvgIpc) is 3.55. The number of benzene rings is 2. The lowest BCUT2D eigenvalue weighted by Crippen LogP contribution is -2.37. The monoisotopic (exact) mass is 442 g/mol. The van der Waals surface area contributed by atoms with Gasteiger partial charge < -0.3 is 9.80 Å². The Morgan fingerprint density at radius 1 is 0.697 bits per heavy atom. The van der Waals surface area contributed by atoms with E-state index in [0.29, 0.717) is 55.4 Å². The number of nitrogens with zero attached hydrogens (tertiary/aromatic N) is 6. The van der Waals surface area contributed by atoms with E-state index in [-0.39, 0.29) is 11.8 Å². The highest BCUT2D eigenvalue weighted by atomic mass is 16.2. The summed E-state index contributed by atoms with van der Waals surface area (Å²) in [5.74, 6) is 1.12. The van der Waals surface area contributed by atoms with Gasteiger partial charge in [0.25, 0.3) is 11.8 Å². The SMILES string of the molecule is O=C(c1cccc(-c2ncn[nH]2)c1)N1CCCN(C(=O)c2cccc(-c3ncn[nH]3)c2)CC1. The van der Waals surface area contributed by atoms with Gasteiger partial charge in [0.2, 0.25) is 0 Å². The first-order valence-corrected chi connectivity index (χ1v) is 10.7. The molecule has 0 saturated carbocycles. The third-order valence-corrected chi connectivity index (χ3v) is 5.67. The second kappa shape index (κ2) is 9.03. The van der Waals surface area contributed by atoms with Crippen molar-refractivity contribution in [2.75, 3.05) is 26.2 Å². The van der Waals surface area contributed by atoms with Crippen LogP contribution in [0.2, 0.25) is 0 Å². The maximum Gasteiger partial charge on any atom is 0.253 e. The van der Waals surface area contributed by atoms with Crippen LogP contribution in [-0.4, -0.2) is 78.2 Å². The van der Waals surface area contributed by atoms with Crippen LogP contribution in [0.1, 0.15) is 27.1 Å². The Labute approximate surface area is 189 Å². The summed E-state index contributed by atoms with van der Waals surface area (Å²) in [6, 6.07) is 14.6. The standard InChI is InChI=1S/C23H22N8O2/c32-22(18-6-1-4-16(12-18)20-24-14-26-28-20)30-8-3-9-31(11-10-30)23(33)19-7-2-5-17(13-19)21-25-15-27-29-21/h1-2,4-7,12-15H,3,8-11H2,(H,24,26,28)(H,25,27,29). The van der Waals surface area contributed by atoms with Gasteiger partial charge in [-0.15, -0.1) is 0 Å². The van der Waals surface area contributed by atoms with E-state index < -0.39 is 0 Å². The Morgan fingerprint density at radius 3 is 1.61 bits per heavy atom. The minimum atomic E-state index is -0.0574. The molecule has 166 valence electrons. The van der Waals surface area contributed by atoms with E-state index in [2.05, 4.69) is 30.4 Å². The van der Waals surface area contributed by atoms with Crippen molar-refractivity contribution in [2.45, 2.75) is 6.42 Å². The zero-order valence-electron chi connectivity index (χ0n) is 17.8.